The van der Waals surface area contributed by atoms with Gasteiger partial charge in [-0.1, -0.05) is 18.2 Å². The van der Waals surface area contributed by atoms with E-state index in [0.29, 0.717) is 24.5 Å². The molecule has 38 heavy (non-hydrogen) atoms. The molecule has 2 aliphatic heterocycles. The molecule has 1 aromatic carbocycles. The van der Waals surface area contributed by atoms with Crippen molar-refractivity contribution in [2.24, 2.45) is 5.92 Å². The summed E-state index contributed by atoms with van der Waals surface area (Å²) in [6, 6.07) is 11.0. The van der Waals surface area contributed by atoms with E-state index in [2.05, 4.69) is 25.5 Å². The second-order valence-corrected chi connectivity index (χ2v) is 10.3. The Morgan fingerprint density at radius 1 is 1.08 bits per heavy atom. The number of halogens is 1. The SMILES string of the molecule is O=C(NC1=CC=C(Oc2cc(NC3(N4CCCC4)CC3)ncn2)C(F)C1)C1CCN(c2ccccc2)C1=O. The Bertz CT molecular complexity index is 1270. The van der Waals surface area contributed by atoms with Crippen LogP contribution in [0, 0.1) is 5.92 Å². The average molecular weight is 519 g/mol. The van der Waals surface area contributed by atoms with Gasteiger partial charge >= 0.3 is 0 Å². The van der Waals surface area contributed by atoms with Crippen LogP contribution in [0.2, 0.25) is 0 Å². The number of allylic oxidation sites excluding steroid dienone is 4. The standard InChI is InChI=1S/C28H31FN6O3/c29-22-16-19(32-26(36)21-10-15-35(27(21)37)20-6-2-1-3-7-20)8-9-23(22)38-25-17-24(30-18-31-25)33-28(11-12-28)34-13-4-5-14-34/h1-3,6-9,17-18,21-22H,4-5,10-16H2,(H,32,36)(H,30,31,33). The third-order valence-electron chi connectivity index (χ3n) is 7.69. The lowest BCUT2D eigenvalue weighted by atomic mass is 10.0. The molecule has 2 atom stereocenters. The van der Waals surface area contributed by atoms with Crippen LogP contribution in [-0.4, -0.2) is 58.2 Å². The molecule has 2 unspecified atom stereocenters. The molecule has 6 rings (SSSR count). The number of alkyl halides is 1. The Labute approximate surface area is 220 Å². The number of anilines is 2. The first-order valence-corrected chi connectivity index (χ1v) is 13.3. The highest BCUT2D eigenvalue weighted by atomic mass is 19.1. The predicted octanol–water partition coefficient (Wildman–Crippen LogP) is 3.53. The normalized spacial score (nSPS) is 24.6. The van der Waals surface area contributed by atoms with Crippen molar-refractivity contribution in [3.05, 3.63) is 66.3 Å². The maximum Gasteiger partial charge on any atom is 0.239 e. The predicted molar refractivity (Wildman–Crippen MR) is 140 cm³/mol. The van der Waals surface area contributed by atoms with Gasteiger partial charge in [-0.3, -0.25) is 14.5 Å². The van der Waals surface area contributed by atoms with Crippen LogP contribution >= 0.6 is 0 Å². The Kier molecular flexibility index (Phi) is 6.57. The van der Waals surface area contributed by atoms with Crippen LogP contribution in [0.5, 0.6) is 5.88 Å². The largest absolute Gasteiger partial charge is 0.440 e. The Balaban J connectivity index is 1.07. The van der Waals surface area contributed by atoms with Crippen molar-refractivity contribution in [3.8, 4) is 5.88 Å². The minimum atomic E-state index is -1.46. The fraction of sp³-hybridized carbons (Fsp3) is 0.429. The van der Waals surface area contributed by atoms with E-state index in [1.807, 2.05) is 30.3 Å². The van der Waals surface area contributed by atoms with Crippen molar-refractivity contribution < 1.29 is 18.7 Å². The summed E-state index contributed by atoms with van der Waals surface area (Å²) < 4.78 is 20.8. The zero-order valence-corrected chi connectivity index (χ0v) is 21.1. The second-order valence-electron chi connectivity index (χ2n) is 10.3. The highest BCUT2D eigenvalue weighted by molar-refractivity contribution is 6.10. The Morgan fingerprint density at radius 2 is 1.87 bits per heavy atom. The minimum Gasteiger partial charge on any atom is -0.440 e. The van der Waals surface area contributed by atoms with Gasteiger partial charge in [-0.2, -0.15) is 0 Å². The first-order valence-electron chi connectivity index (χ1n) is 13.3. The average Bonchev–Trinajstić information content (AvgIpc) is 3.30. The number of hydrogen-bond acceptors (Lipinski definition) is 7. The van der Waals surface area contributed by atoms with E-state index in [1.165, 1.54) is 25.2 Å². The molecule has 3 fully saturated rings. The molecule has 1 saturated carbocycles. The summed E-state index contributed by atoms with van der Waals surface area (Å²) in [5, 5.41) is 6.26. The number of hydrogen-bond donors (Lipinski definition) is 2. The molecule has 2 N–H and O–H groups in total. The van der Waals surface area contributed by atoms with E-state index in [-0.39, 0.29) is 29.6 Å². The number of nitrogens with one attached hydrogen (secondary N) is 2. The smallest absolute Gasteiger partial charge is 0.239 e. The van der Waals surface area contributed by atoms with Crippen molar-refractivity contribution in [2.75, 3.05) is 29.9 Å². The number of carbonyl (C=O) groups is 2. The fourth-order valence-corrected chi connectivity index (χ4v) is 5.48. The third-order valence-corrected chi connectivity index (χ3v) is 7.69. The van der Waals surface area contributed by atoms with Crippen LogP contribution in [-0.2, 0) is 9.59 Å². The van der Waals surface area contributed by atoms with Crippen LogP contribution in [0.15, 0.2) is 66.3 Å². The van der Waals surface area contributed by atoms with Crippen LogP contribution in [0.4, 0.5) is 15.9 Å². The highest BCUT2D eigenvalue weighted by Gasteiger charge is 2.49. The second kappa shape index (κ2) is 10.2. The van der Waals surface area contributed by atoms with Gasteiger partial charge in [0.15, 0.2) is 6.17 Å². The first-order chi connectivity index (χ1) is 18.5. The van der Waals surface area contributed by atoms with Gasteiger partial charge in [0.2, 0.25) is 17.7 Å². The molecule has 3 heterocycles. The number of amides is 2. The number of nitrogens with zero attached hydrogens (tertiary/aromatic N) is 4. The summed E-state index contributed by atoms with van der Waals surface area (Å²) >= 11 is 0. The number of para-hydroxylation sites is 1. The molecule has 2 amide bonds. The summed E-state index contributed by atoms with van der Waals surface area (Å²) in [6.07, 6.45) is 7.99. The Morgan fingerprint density at radius 3 is 2.61 bits per heavy atom. The lowest BCUT2D eigenvalue weighted by molar-refractivity contribution is -0.131. The topological polar surface area (TPSA) is 99.7 Å². The molecule has 4 aliphatic rings. The molecule has 2 aliphatic carbocycles. The van der Waals surface area contributed by atoms with Crippen molar-refractivity contribution in [1.29, 1.82) is 0 Å². The van der Waals surface area contributed by atoms with Gasteiger partial charge < -0.3 is 20.3 Å². The van der Waals surface area contributed by atoms with Gasteiger partial charge in [0.05, 0.1) is 5.66 Å². The summed E-state index contributed by atoms with van der Waals surface area (Å²) in [4.78, 5) is 38.2. The third kappa shape index (κ3) is 5.00. The van der Waals surface area contributed by atoms with E-state index >= 15 is 4.39 Å². The van der Waals surface area contributed by atoms with E-state index in [4.69, 9.17) is 4.74 Å². The highest BCUT2D eigenvalue weighted by Crippen LogP contribution is 2.43. The summed E-state index contributed by atoms with van der Waals surface area (Å²) in [5.74, 6) is -0.429. The summed E-state index contributed by atoms with van der Waals surface area (Å²) in [7, 11) is 0. The molecular formula is C28H31FN6O3. The molecule has 9 nitrogen and oxygen atoms in total. The maximum atomic E-state index is 15.0. The lowest BCUT2D eigenvalue weighted by Crippen LogP contribution is -2.41. The van der Waals surface area contributed by atoms with Crippen LogP contribution < -0.4 is 20.3 Å². The lowest BCUT2D eigenvalue weighted by Gasteiger charge is -2.28. The molecule has 0 bridgehead atoms. The van der Waals surface area contributed by atoms with Crippen molar-refractivity contribution in [3.63, 3.8) is 0 Å². The number of likely N-dealkylation sites (tertiary alicyclic amines) is 1. The molecule has 10 heteroatoms. The molecule has 2 saturated heterocycles. The zero-order valence-electron chi connectivity index (χ0n) is 21.1. The molecule has 2 aromatic rings. The van der Waals surface area contributed by atoms with Crippen molar-refractivity contribution in [1.82, 2.24) is 20.2 Å². The van der Waals surface area contributed by atoms with Gasteiger partial charge in [-0.25, -0.2) is 14.4 Å². The van der Waals surface area contributed by atoms with Gasteiger partial charge in [0.1, 0.15) is 23.8 Å². The van der Waals surface area contributed by atoms with Crippen molar-refractivity contribution >= 4 is 23.3 Å². The fourth-order valence-electron chi connectivity index (χ4n) is 5.48. The number of rotatable bonds is 8. The first kappa shape index (κ1) is 24.5. The number of ether oxygens (including phenoxy) is 1. The minimum absolute atomic E-state index is 0.0382. The maximum absolute atomic E-state index is 15.0. The summed E-state index contributed by atoms with van der Waals surface area (Å²) in [5.41, 5.74) is 1.14. The molecule has 198 valence electrons. The quantitative estimate of drug-likeness (QED) is 0.516. The monoisotopic (exact) mass is 518 g/mol. The van der Waals surface area contributed by atoms with E-state index < -0.39 is 18.0 Å². The molecule has 0 spiro atoms. The number of aromatic nitrogens is 2. The molecular weight excluding hydrogens is 487 g/mol. The van der Waals surface area contributed by atoms with Gasteiger partial charge in [0, 0.05) is 43.5 Å². The summed E-state index contributed by atoms with van der Waals surface area (Å²) in [6.45, 7) is 2.64. The van der Waals surface area contributed by atoms with Crippen LogP contribution in [0.1, 0.15) is 38.5 Å². The zero-order chi connectivity index (χ0) is 26.1. The van der Waals surface area contributed by atoms with Gasteiger partial charge in [-0.15, -0.1) is 0 Å². The van der Waals surface area contributed by atoms with E-state index in [1.54, 1.807) is 17.0 Å². The van der Waals surface area contributed by atoms with Gasteiger partial charge in [0.25, 0.3) is 0 Å². The molecule has 1 aromatic heterocycles. The van der Waals surface area contributed by atoms with Crippen LogP contribution in [0.3, 0.4) is 0 Å². The molecule has 0 radical (unpaired) electrons. The van der Waals surface area contributed by atoms with E-state index in [0.717, 1.165) is 31.6 Å². The van der Waals surface area contributed by atoms with Crippen molar-refractivity contribution in [2.45, 2.75) is 50.4 Å². The van der Waals surface area contributed by atoms with E-state index in [9.17, 15) is 9.59 Å². The van der Waals surface area contributed by atoms with Gasteiger partial charge in [-0.05, 0) is 56.4 Å². The number of benzene rings is 1. The Hall–Kier alpha value is -3.79. The van der Waals surface area contributed by atoms with Crippen LogP contribution in [0.25, 0.3) is 0 Å². The number of carbonyl (C=O) groups excluding carboxylic acids is 2.